The Bertz CT molecular complexity index is 216. The number of epoxide rings is 1. The first-order valence-electron chi connectivity index (χ1n) is 7.41. The summed E-state index contributed by atoms with van der Waals surface area (Å²) in [6.45, 7) is 10.5. The molecule has 1 fully saturated rings. The summed E-state index contributed by atoms with van der Waals surface area (Å²) in [5.74, 6) is 0. The quantitative estimate of drug-likeness (QED) is 0.354. The Labute approximate surface area is 121 Å². The monoisotopic (exact) mass is 292 g/mol. The van der Waals surface area contributed by atoms with Gasteiger partial charge in [0.05, 0.1) is 33.0 Å². The molecule has 120 valence electrons. The topological polar surface area (TPSA) is 58.7 Å². The zero-order valence-electron chi connectivity index (χ0n) is 12.8. The van der Waals surface area contributed by atoms with Crippen molar-refractivity contribution in [3.8, 4) is 0 Å². The van der Waals surface area contributed by atoms with Gasteiger partial charge in [-0.25, -0.2) is 0 Å². The van der Waals surface area contributed by atoms with Crippen molar-refractivity contribution >= 4 is 0 Å². The predicted molar refractivity (Wildman–Crippen MR) is 73.8 cm³/mol. The van der Waals surface area contributed by atoms with E-state index in [1.165, 1.54) is 0 Å². The van der Waals surface area contributed by atoms with Gasteiger partial charge in [-0.15, -0.1) is 0 Å². The summed E-state index contributed by atoms with van der Waals surface area (Å²) in [4.78, 5) is 0. The van der Waals surface area contributed by atoms with Crippen molar-refractivity contribution in [3.63, 3.8) is 0 Å². The summed E-state index contributed by atoms with van der Waals surface area (Å²) >= 11 is 0. The van der Waals surface area contributed by atoms with Crippen LogP contribution in [0.5, 0.6) is 0 Å². The Morgan fingerprint density at radius 2 is 1.55 bits per heavy atom. The lowest BCUT2D eigenvalue weighted by Crippen LogP contribution is -2.31. The normalized spacial score (nSPS) is 19.5. The fourth-order valence-corrected chi connectivity index (χ4v) is 1.61. The van der Waals surface area contributed by atoms with E-state index in [0.29, 0.717) is 46.2 Å². The number of rotatable bonds is 14. The maximum atomic E-state index is 5.71. The van der Waals surface area contributed by atoms with Gasteiger partial charge in [-0.05, 0) is 20.8 Å². The first kappa shape index (κ1) is 17.8. The minimum Gasteiger partial charge on any atom is -0.379 e. The van der Waals surface area contributed by atoms with Crippen LogP contribution in [0.25, 0.3) is 0 Å². The van der Waals surface area contributed by atoms with Crippen molar-refractivity contribution < 1.29 is 28.4 Å². The first-order valence-corrected chi connectivity index (χ1v) is 7.41. The maximum absolute atomic E-state index is 5.71. The van der Waals surface area contributed by atoms with Gasteiger partial charge in [-0.1, -0.05) is 0 Å². The molecule has 0 radical (unpaired) electrons. The summed E-state index contributed by atoms with van der Waals surface area (Å²) in [5, 5.41) is 0. The molecule has 2 atom stereocenters. The summed E-state index contributed by atoms with van der Waals surface area (Å²) in [5.41, 5.74) is 0. The highest BCUT2D eigenvalue weighted by Crippen LogP contribution is 2.10. The first-order chi connectivity index (χ1) is 9.80. The van der Waals surface area contributed by atoms with E-state index in [-0.39, 0.29) is 18.5 Å². The second-order valence-corrected chi connectivity index (χ2v) is 4.45. The number of hydrogen-bond acceptors (Lipinski definition) is 6. The van der Waals surface area contributed by atoms with Crippen molar-refractivity contribution in [1.82, 2.24) is 0 Å². The molecule has 1 saturated heterocycles. The van der Waals surface area contributed by atoms with E-state index < -0.39 is 0 Å². The lowest BCUT2D eigenvalue weighted by Gasteiger charge is -2.20. The molecule has 1 aliphatic rings. The molecular weight excluding hydrogens is 264 g/mol. The van der Waals surface area contributed by atoms with Crippen LogP contribution in [-0.2, 0) is 28.4 Å². The van der Waals surface area contributed by atoms with E-state index >= 15 is 0 Å². The molecule has 0 N–H and O–H groups in total. The largest absolute Gasteiger partial charge is 0.379 e. The van der Waals surface area contributed by atoms with Gasteiger partial charge in [-0.2, -0.15) is 0 Å². The van der Waals surface area contributed by atoms with Crippen LogP contribution in [0.1, 0.15) is 20.8 Å². The van der Waals surface area contributed by atoms with Crippen molar-refractivity contribution in [1.29, 1.82) is 0 Å². The van der Waals surface area contributed by atoms with Crippen LogP contribution in [0, 0.1) is 0 Å². The summed E-state index contributed by atoms with van der Waals surface area (Å²) in [6, 6.07) is 0. The van der Waals surface area contributed by atoms with Crippen LogP contribution >= 0.6 is 0 Å². The average molecular weight is 292 g/mol. The Balaban J connectivity index is 2.16. The lowest BCUT2D eigenvalue weighted by atomic mass is 10.4. The van der Waals surface area contributed by atoms with Crippen LogP contribution in [0.15, 0.2) is 0 Å². The minimum absolute atomic E-state index is 0.0805. The molecule has 0 bridgehead atoms. The van der Waals surface area contributed by atoms with Gasteiger partial charge in [-0.3, -0.25) is 0 Å². The second kappa shape index (κ2) is 11.4. The van der Waals surface area contributed by atoms with Gasteiger partial charge in [0.1, 0.15) is 12.2 Å². The molecule has 20 heavy (non-hydrogen) atoms. The third kappa shape index (κ3) is 8.84. The van der Waals surface area contributed by atoms with Gasteiger partial charge < -0.3 is 28.4 Å². The Hall–Kier alpha value is -0.240. The van der Waals surface area contributed by atoms with Crippen LogP contribution in [-0.4, -0.2) is 71.4 Å². The molecule has 0 aromatic rings. The Morgan fingerprint density at radius 3 is 2.10 bits per heavy atom. The fourth-order valence-electron chi connectivity index (χ4n) is 1.61. The zero-order chi connectivity index (χ0) is 14.6. The Kier molecular flexibility index (Phi) is 10.2. The van der Waals surface area contributed by atoms with E-state index in [1.807, 2.05) is 20.8 Å². The number of hydrogen-bond donors (Lipinski definition) is 0. The highest BCUT2D eigenvalue weighted by atomic mass is 16.7. The van der Waals surface area contributed by atoms with E-state index in [0.717, 1.165) is 6.61 Å². The highest BCUT2D eigenvalue weighted by Gasteiger charge is 2.24. The molecule has 6 heteroatoms. The molecule has 1 rings (SSSR count). The van der Waals surface area contributed by atoms with Crippen molar-refractivity contribution in [2.24, 2.45) is 0 Å². The van der Waals surface area contributed by atoms with Crippen molar-refractivity contribution in [3.05, 3.63) is 0 Å². The van der Waals surface area contributed by atoms with Gasteiger partial charge in [0.25, 0.3) is 0 Å². The third-order valence-electron chi connectivity index (χ3n) is 2.69. The number of ether oxygens (including phenoxy) is 6. The van der Waals surface area contributed by atoms with Crippen molar-refractivity contribution in [2.75, 3.05) is 52.9 Å². The second-order valence-electron chi connectivity index (χ2n) is 4.45. The highest BCUT2D eigenvalue weighted by molar-refractivity contribution is 4.69. The van der Waals surface area contributed by atoms with Gasteiger partial charge >= 0.3 is 0 Å². The summed E-state index contributed by atoms with van der Waals surface area (Å²) in [6.07, 6.45) is -0.147. The SMILES string of the molecule is CCOCC(COCC(OCC)OCC)OCC1CO1. The molecule has 0 spiro atoms. The molecule has 1 heterocycles. The molecule has 0 amide bonds. The van der Waals surface area contributed by atoms with E-state index in [2.05, 4.69) is 0 Å². The predicted octanol–water partition coefficient (Wildman–Crippen LogP) is 1.22. The average Bonchev–Trinajstić information content (AvgIpc) is 3.26. The van der Waals surface area contributed by atoms with Crippen LogP contribution in [0.4, 0.5) is 0 Å². The molecule has 0 aromatic carbocycles. The molecule has 0 aliphatic carbocycles. The van der Waals surface area contributed by atoms with Crippen LogP contribution < -0.4 is 0 Å². The summed E-state index contributed by atoms with van der Waals surface area (Å²) < 4.78 is 32.7. The zero-order valence-corrected chi connectivity index (χ0v) is 12.8. The van der Waals surface area contributed by atoms with Crippen molar-refractivity contribution in [2.45, 2.75) is 39.3 Å². The van der Waals surface area contributed by atoms with E-state index in [9.17, 15) is 0 Å². The molecule has 0 aromatic heterocycles. The molecule has 6 nitrogen and oxygen atoms in total. The maximum Gasteiger partial charge on any atom is 0.180 e. The minimum atomic E-state index is -0.315. The summed E-state index contributed by atoms with van der Waals surface area (Å²) in [7, 11) is 0. The van der Waals surface area contributed by atoms with Gasteiger partial charge in [0.15, 0.2) is 6.29 Å². The molecular formula is C14H28O6. The Morgan fingerprint density at radius 1 is 0.900 bits per heavy atom. The fraction of sp³-hybridized carbons (Fsp3) is 1.00. The smallest absolute Gasteiger partial charge is 0.180 e. The molecule has 0 saturated carbocycles. The van der Waals surface area contributed by atoms with Crippen LogP contribution in [0.3, 0.4) is 0 Å². The van der Waals surface area contributed by atoms with E-state index in [4.69, 9.17) is 28.4 Å². The molecule has 1 aliphatic heterocycles. The van der Waals surface area contributed by atoms with Crippen LogP contribution in [0.2, 0.25) is 0 Å². The van der Waals surface area contributed by atoms with Gasteiger partial charge in [0, 0.05) is 19.8 Å². The van der Waals surface area contributed by atoms with Gasteiger partial charge in [0.2, 0.25) is 0 Å². The third-order valence-corrected chi connectivity index (χ3v) is 2.69. The molecule has 2 unspecified atom stereocenters. The standard InChI is InChI=1S/C14H28O6/c1-4-15-7-12(19-9-13-10-20-13)8-16-11-14(17-5-2)18-6-3/h12-14H,4-11H2,1-3H3. The van der Waals surface area contributed by atoms with E-state index in [1.54, 1.807) is 0 Å². The lowest BCUT2D eigenvalue weighted by molar-refractivity contribution is -0.175.